The van der Waals surface area contributed by atoms with Gasteiger partial charge in [-0.1, -0.05) is 12.1 Å². The van der Waals surface area contributed by atoms with Gasteiger partial charge in [-0.25, -0.2) is 0 Å². The van der Waals surface area contributed by atoms with Crippen LogP contribution in [0.15, 0.2) is 0 Å². The van der Waals surface area contributed by atoms with E-state index in [0.29, 0.717) is 24.7 Å². The van der Waals surface area contributed by atoms with Crippen molar-refractivity contribution >= 4 is 5.91 Å². The van der Waals surface area contributed by atoms with Gasteiger partial charge in [-0.15, -0.1) is 10.2 Å². The Hall–Kier alpha value is -1.50. The number of hydrogen-bond donors (Lipinski definition) is 3. The summed E-state index contributed by atoms with van der Waals surface area (Å²) in [6, 6.07) is -0.223. The van der Waals surface area contributed by atoms with E-state index < -0.39 is 0 Å². The van der Waals surface area contributed by atoms with Crippen molar-refractivity contribution in [3.63, 3.8) is 0 Å². The number of aromatic nitrogens is 4. The molecule has 7 heteroatoms. The van der Waals surface area contributed by atoms with E-state index in [2.05, 4.69) is 25.9 Å². The number of carbonyl (C=O) groups is 1. The van der Waals surface area contributed by atoms with Gasteiger partial charge in [0.2, 0.25) is 5.91 Å². The molecule has 1 aromatic rings. The number of amides is 1. The van der Waals surface area contributed by atoms with Gasteiger partial charge in [0.1, 0.15) is 0 Å². The van der Waals surface area contributed by atoms with Gasteiger partial charge < -0.3 is 11.1 Å². The first kappa shape index (κ1) is 12.6. The van der Waals surface area contributed by atoms with Crippen LogP contribution in [0.1, 0.15) is 38.6 Å². The lowest BCUT2D eigenvalue weighted by molar-refractivity contribution is -0.122. The van der Waals surface area contributed by atoms with Crippen LogP contribution in [0.5, 0.6) is 0 Å². The molecule has 0 fully saturated rings. The van der Waals surface area contributed by atoms with E-state index >= 15 is 0 Å². The van der Waals surface area contributed by atoms with Crippen molar-refractivity contribution in [2.24, 2.45) is 11.7 Å². The fourth-order valence-corrected chi connectivity index (χ4v) is 1.23. The second kappa shape index (κ2) is 6.16. The minimum Gasteiger partial charge on any atom is -0.346 e. The first-order chi connectivity index (χ1) is 7.63. The molecule has 16 heavy (non-hydrogen) atoms. The number of rotatable bonds is 6. The zero-order chi connectivity index (χ0) is 12.0. The standard InChI is InChI=1S/C9H18N6O/c1-6(5-10)3-4-8(16)11-7(2)9-12-14-15-13-9/h6-7H,3-5,10H2,1-2H3,(H,11,16)(H,12,13,14,15). The summed E-state index contributed by atoms with van der Waals surface area (Å²) in [6.45, 7) is 4.44. The molecule has 1 aromatic heterocycles. The lowest BCUT2D eigenvalue weighted by Crippen LogP contribution is -2.28. The molecule has 90 valence electrons. The highest BCUT2D eigenvalue weighted by Crippen LogP contribution is 2.06. The Bertz CT molecular complexity index is 312. The van der Waals surface area contributed by atoms with Gasteiger partial charge in [-0.05, 0) is 25.8 Å². The normalized spacial score (nSPS) is 14.4. The summed E-state index contributed by atoms with van der Waals surface area (Å²) in [5.41, 5.74) is 5.47. The highest BCUT2D eigenvalue weighted by Gasteiger charge is 2.13. The van der Waals surface area contributed by atoms with Crippen LogP contribution in [0.25, 0.3) is 0 Å². The third kappa shape index (κ3) is 3.93. The zero-order valence-corrected chi connectivity index (χ0v) is 9.60. The molecule has 1 rings (SSSR count). The minimum absolute atomic E-state index is 0.0161. The van der Waals surface area contributed by atoms with Gasteiger partial charge in [-0.2, -0.15) is 5.21 Å². The summed E-state index contributed by atoms with van der Waals surface area (Å²) in [4.78, 5) is 11.5. The van der Waals surface area contributed by atoms with Crippen molar-refractivity contribution < 1.29 is 4.79 Å². The number of nitrogens with one attached hydrogen (secondary N) is 2. The predicted molar refractivity (Wildman–Crippen MR) is 58.2 cm³/mol. The van der Waals surface area contributed by atoms with Crippen LogP contribution in [0.4, 0.5) is 0 Å². The lowest BCUT2D eigenvalue weighted by atomic mass is 10.1. The summed E-state index contributed by atoms with van der Waals surface area (Å²) < 4.78 is 0. The van der Waals surface area contributed by atoms with Crippen molar-refractivity contribution in [1.82, 2.24) is 25.9 Å². The topological polar surface area (TPSA) is 110 Å². The van der Waals surface area contributed by atoms with Gasteiger partial charge in [-0.3, -0.25) is 4.79 Å². The van der Waals surface area contributed by atoms with E-state index in [1.54, 1.807) is 0 Å². The number of aromatic amines is 1. The number of carbonyl (C=O) groups excluding carboxylic acids is 1. The van der Waals surface area contributed by atoms with E-state index in [0.717, 1.165) is 6.42 Å². The van der Waals surface area contributed by atoms with Crippen molar-refractivity contribution in [3.05, 3.63) is 5.82 Å². The molecule has 0 bridgehead atoms. The number of hydrogen-bond acceptors (Lipinski definition) is 5. The quantitative estimate of drug-likeness (QED) is 0.619. The summed E-state index contributed by atoms with van der Waals surface area (Å²) in [5.74, 6) is 0.837. The Kier molecular flexibility index (Phi) is 4.84. The van der Waals surface area contributed by atoms with E-state index in [1.807, 2.05) is 13.8 Å². The molecule has 0 aliphatic carbocycles. The van der Waals surface area contributed by atoms with Gasteiger partial charge in [0, 0.05) is 6.42 Å². The molecule has 2 unspecified atom stereocenters. The Morgan fingerprint density at radius 2 is 2.31 bits per heavy atom. The average molecular weight is 226 g/mol. The smallest absolute Gasteiger partial charge is 0.220 e. The number of nitrogens with zero attached hydrogens (tertiary/aromatic N) is 3. The molecule has 0 aliphatic heterocycles. The first-order valence-electron chi connectivity index (χ1n) is 5.36. The van der Waals surface area contributed by atoms with Crippen LogP contribution < -0.4 is 11.1 Å². The Morgan fingerprint density at radius 3 is 2.88 bits per heavy atom. The summed E-state index contributed by atoms with van der Waals surface area (Å²) >= 11 is 0. The molecule has 0 radical (unpaired) electrons. The van der Waals surface area contributed by atoms with Crippen molar-refractivity contribution in [2.45, 2.75) is 32.7 Å². The van der Waals surface area contributed by atoms with Crippen molar-refractivity contribution in [1.29, 1.82) is 0 Å². The van der Waals surface area contributed by atoms with E-state index in [9.17, 15) is 4.79 Å². The third-order valence-corrected chi connectivity index (χ3v) is 2.39. The van der Waals surface area contributed by atoms with Gasteiger partial charge in [0.05, 0.1) is 6.04 Å². The fourth-order valence-electron chi connectivity index (χ4n) is 1.23. The summed E-state index contributed by atoms with van der Waals surface area (Å²) in [6.07, 6.45) is 1.27. The molecular weight excluding hydrogens is 208 g/mol. The summed E-state index contributed by atoms with van der Waals surface area (Å²) in [7, 11) is 0. The molecular formula is C9H18N6O. The SMILES string of the molecule is CC(CN)CCC(=O)NC(C)c1nn[nH]n1. The second-order valence-corrected chi connectivity index (χ2v) is 3.94. The molecule has 1 heterocycles. The van der Waals surface area contributed by atoms with Gasteiger partial charge >= 0.3 is 0 Å². The van der Waals surface area contributed by atoms with Crippen LogP contribution >= 0.6 is 0 Å². The summed E-state index contributed by atoms with van der Waals surface area (Å²) in [5, 5.41) is 16.2. The highest BCUT2D eigenvalue weighted by atomic mass is 16.1. The van der Waals surface area contributed by atoms with Crippen LogP contribution in [-0.4, -0.2) is 33.1 Å². The highest BCUT2D eigenvalue weighted by molar-refractivity contribution is 5.76. The molecule has 0 saturated carbocycles. The Balaban J connectivity index is 2.29. The molecule has 0 aromatic carbocycles. The zero-order valence-electron chi connectivity index (χ0n) is 9.60. The monoisotopic (exact) mass is 226 g/mol. The molecule has 1 amide bonds. The maximum atomic E-state index is 11.5. The molecule has 0 spiro atoms. The average Bonchev–Trinajstić information content (AvgIpc) is 2.79. The first-order valence-corrected chi connectivity index (χ1v) is 5.36. The second-order valence-electron chi connectivity index (χ2n) is 3.94. The van der Waals surface area contributed by atoms with Crippen LogP contribution in [0, 0.1) is 5.92 Å². The number of H-pyrrole nitrogens is 1. The van der Waals surface area contributed by atoms with E-state index in [1.165, 1.54) is 0 Å². The van der Waals surface area contributed by atoms with Crippen LogP contribution in [0.3, 0.4) is 0 Å². The van der Waals surface area contributed by atoms with E-state index in [4.69, 9.17) is 5.73 Å². The largest absolute Gasteiger partial charge is 0.346 e. The number of nitrogens with two attached hydrogens (primary N) is 1. The van der Waals surface area contributed by atoms with E-state index in [-0.39, 0.29) is 11.9 Å². The molecule has 0 saturated heterocycles. The van der Waals surface area contributed by atoms with Gasteiger partial charge in [0.25, 0.3) is 0 Å². The Morgan fingerprint density at radius 1 is 1.56 bits per heavy atom. The fraction of sp³-hybridized carbons (Fsp3) is 0.778. The van der Waals surface area contributed by atoms with Crippen LogP contribution in [-0.2, 0) is 4.79 Å². The minimum atomic E-state index is -0.223. The molecule has 0 aliphatic rings. The molecule has 7 nitrogen and oxygen atoms in total. The van der Waals surface area contributed by atoms with Gasteiger partial charge in [0.15, 0.2) is 5.82 Å². The molecule has 2 atom stereocenters. The molecule has 4 N–H and O–H groups in total. The maximum Gasteiger partial charge on any atom is 0.220 e. The lowest BCUT2D eigenvalue weighted by Gasteiger charge is -2.11. The van der Waals surface area contributed by atoms with Crippen molar-refractivity contribution in [3.8, 4) is 0 Å². The number of tetrazole rings is 1. The van der Waals surface area contributed by atoms with Crippen LogP contribution in [0.2, 0.25) is 0 Å². The maximum absolute atomic E-state index is 11.5. The Labute approximate surface area is 94.2 Å². The third-order valence-electron chi connectivity index (χ3n) is 2.39. The predicted octanol–water partition coefficient (Wildman–Crippen LogP) is -0.248. The van der Waals surface area contributed by atoms with Crippen molar-refractivity contribution in [2.75, 3.05) is 6.54 Å².